The number of aliphatic hydroxyl groups is 1. The number of aromatic nitrogens is 2. The summed E-state index contributed by atoms with van der Waals surface area (Å²) in [5.41, 5.74) is 6.84. The Labute approximate surface area is 380 Å². The van der Waals surface area contributed by atoms with E-state index in [2.05, 4.69) is 73.1 Å². The Morgan fingerprint density at radius 1 is 1.03 bits per heavy atom. The maximum Gasteiger partial charge on any atom is 0.265 e. The molecule has 64 heavy (non-hydrogen) atoms. The van der Waals surface area contributed by atoms with Gasteiger partial charge < -0.3 is 29.8 Å². The van der Waals surface area contributed by atoms with Crippen molar-refractivity contribution in [3.05, 3.63) is 100 Å². The third-order valence-corrected chi connectivity index (χ3v) is 16.0. The number of anilines is 2. The molecule has 4 N–H and O–H groups in total. The van der Waals surface area contributed by atoms with Gasteiger partial charge in [0, 0.05) is 53.4 Å². The number of aromatic amines is 1. The van der Waals surface area contributed by atoms with Gasteiger partial charge >= 0.3 is 0 Å². The minimum Gasteiger partial charge on any atom is -0.489 e. The molecule has 5 aliphatic rings. The van der Waals surface area contributed by atoms with Gasteiger partial charge in [-0.1, -0.05) is 38.1 Å². The lowest BCUT2D eigenvalue weighted by Gasteiger charge is -2.56. The zero-order valence-electron chi connectivity index (χ0n) is 37.5. The van der Waals surface area contributed by atoms with Crippen molar-refractivity contribution in [2.45, 2.75) is 126 Å². The minimum absolute atomic E-state index is 0.0174. The van der Waals surface area contributed by atoms with Crippen LogP contribution in [0.3, 0.4) is 0 Å². The van der Waals surface area contributed by atoms with Crippen LogP contribution in [0.4, 0.5) is 17.1 Å². The predicted molar refractivity (Wildman–Crippen MR) is 254 cm³/mol. The van der Waals surface area contributed by atoms with Crippen molar-refractivity contribution in [3.63, 3.8) is 0 Å². The summed E-state index contributed by atoms with van der Waals surface area (Å²) in [7, 11) is 0. The molecule has 13 heteroatoms. The quantitative estimate of drug-likeness (QED) is 0.0747. The van der Waals surface area contributed by atoms with Crippen LogP contribution >= 0.6 is 11.9 Å². The average molecular weight is 884 g/mol. The van der Waals surface area contributed by atoms with Crippen molar-refractivity contribution in [1.29, 1.82) is 0 Å². The number of carbonyl (C=O) groups is 1. The smallest absolute Gasteiger partial charge is 0.265 e. The maximum atomic E-state index is 14.1. The molecule has 4 fully saturated rings. The highest BCUT2D eigenvalue weighted by atomic mass is 32.2. The molecule has 1 amide bonds. The van der Waals surface area contributed by atoms with E-state index in [0.717, 1.165) is 85.8 Å². The zero-order chi connectivity index (χ0) is 44.2. The fourth-order valence-corrected chi connectivity index (χ4v) is 12.1. The highest BCUT2D eigenvalue weighted by Crippen LogP contribution is 2.54. The molecule has 0 unspecified atom stereocenters. The molecule has 2 aromatic heterocycles. The highest BCUT2D eigenvalue weighted by Gasteiger charge is 2.50. The van der Waals surface area contributed by atoms with Crippen molar-refractivity contribution in [1.82, 2.24) is 19.6 Å². The molecule has 3 aliphatic heterocycles. The number of aryl methyl sites for hydroxylation is 1. The standard InChI is InChI=1S/C51H61N7O5S/c1-31(2)38-8-5-6-9-39(38)44-10-7-19-58(44)35-26-51(27-35)17-20-57(21-18-51)34-11-12-40(45(22-34)63-36-23-41-32(3)28-52-48(41)53-29-36)49(59)56-64-37-24-42(55-61)47-46(25-37)62-30-43(54-47)33-13-15-50(4,60)16-14-33/h5-6,8-9,11-12,22-25,28-29,31,33,35,43-44,54,60H,7,10,13-21,26-27,30H2,1-4H3,(H,52,53)(H,56,59)/t33?,43-,44+,50?/m1/s1. The summed E-state index contributed by atoms with van der Waals surface area (Å²) < 4.78 is 15.8. The van der Waals surface area contributed by atoms with Gasteiger partial charge in [0.2, 0.25) is 0 Å². The van der Waals surface area contributed by atoms with Gasteiger partial charge in [-0.15, -0.1) is 4.91 Å². The summed E-state index contributed by atoms with van der Waals surface area (Å²) in [4.78, 5) is 39.9. The highest BCUT2D eigenvalue weighted by molar-refractivity contribution is 7.98. The number of nitrogens with zero attached hydrogens (tertiary/aromatic N) is 4. The number of amides is 1. The third-order valence-electron chi connectivity index (χ3n) is 15.3. The molecule has 3 aromatic carbocycles. The Balaban J connectivity index is 0.825. The molecule has 12 nitrogen and oxygen atoms in total. The topological polar surface area (TPSA) is 144 Å². The lowest BCUT2D eigenvalue weighted by atomic mass is 9.59. The molecule has 336 valence electrons. The molecule has 5 heterocycles. The van der Waals surface area contributed by atoms with E-state index in [0.29, 0.717) is 69.3 Å². The largest absolute Gasteiger partial charge is 0.489 e. The van der Waals surface area contributed by atoms with Crippen LogP contribution in [0.25, 0.3) is 11.0 Å². The van der Waals surface area contributed by atoms with Crippen LogP contribution in [0.2, 0.25) is 0 Å². The summed E-state index contributed by atoms with van der Waals surface area (Å²) in [5.74, 6) is 2.03. The van der Waals surface area contributed by atoms with Crippen LogP contribution < -0.4 is 24.4 Å². The number of carbonyl (C=O) groups excluding carboxylic acids is 1. The van der Waals surface area contributed by atoms with Gasteiger partial charge in [0.25, 0.3) is 5.91 Å². The molecule has 5 aromatic rings. The minimum atomic E-state index is -0.630. The Morgan fingerprint density at radius 3 is 2.61 bits per heavy atom. The van der Waals surface area contributed by atoms with E-state index in [-0.39, 0.29) is 17.6 Å². The number of nitroso groups, excluding NO2 is 1. The lowest BCUT2D eigenvalue weighted by Crippen LogP contribution is -2.54. The number of pyridine rings is 1. The van der Waals surface area contributed by atoms with E-state index in [1.165, 1.54) is 43.4 Å². The number of likely N-dealkylation sites (tertiary alicyclic amines) is 1. The Bertz CT molecular complexity index is 2530. The van der Waals surface area contributed by atoms with Crippen LogP contribution in [0.5, 0.6) is 17.2 Å². The molecule has 2 saturated carbocycles. The van der Waals surface area contributed by atoms with Crippen LogP contribution in [-0.4, -0.2) is 69.8 Å². The molecule has 0 radical (unpaired) electrons. The third kappa shape index (κ3) is 8.47. The number of fused-ring (bicyclic) bond motifs is 2. The first-order chi connectivity index (χ1) is 30.9. The molecular formula is C51H61N7O5S. The molecule has 10 rings (SSSR count). The number of ether oxygens (including phenoxy) is 2. The lowest BCUT2D eigenvalue weighted by molar-refractivity contribution is -0.0227. The number of nitrogens with one attached hydrogen (secondary N) is 3. The van der Waals surface area contributed by atoms with Gasteiger partial charge in [-0.25, -0.2) is 4.98 Å². The monoisotopic (exact) mass is 883 g/mol. The predicted octanol–water partition coefficient (Wildman–Crippen LogP) is 11.3. The fourth-order valence-electron chi connectivity index (χ4n) is 11.5. The summed E-state index contributed by atoms with van der Waals surface area (Å²) in [6.45, 7) is 12.1. The first-order valence-corrected chi connectivity index (χ1v) is 24.2. The van der Waals surface area contributed by atoms with Gasteiger partial charge in [-0.05, 0) is 166 Å². The van der Waals surface area contributed by atoms with Gasteiger partial charge in [0.1, 0.15) is 40.9 Å². The molecule has 1 spiro atoms. The van der Waals surface area contributed by atoms with Gasteiger partial charge in [-0.3, -0.25) is 14.4 Å². The fraction of sp³-hybridized carbons (Fsp3) is 0.490. The van der Waals surface area contributed by atoms with Crippen molar-refractivity contribution in [2.75, 3.05) is 36.5 Å². The van der Waals surface area contributed by atoms with Crippen molar-refractivity contribution in [2.24, 2.45) is 16.5 Å². The first kappa shape index (κ1) is 42.8. The second-order valence-corrected chi connectivity index (χ2v) is 20.8. The van der Waals surface area contributed by atoms with E-state index in [1.807, 2.05) is 50.4 Å². The number of hydrogen-bond donors (Lipinski definition) is 4. The van der Waals surface area contributed by atoms with Crippen LogP contribution in [-0.2, 0) is 0 Å². The van der Waals surface area contributed by atoms with Crippen LogP contribution in [0.1, 0.15) is 124 Å². The van der Waals surface area contributed by atoms with Crippen LogP contribution in [0.15, 0.2) is 83.1 Å². The van der Waals surface area contributed by atoms with Gasteiger partial charge in [-0.2, -0.15) is 0 Å². The second kappa shape index (κ2) is 17.4. The van der Waals surface area contributed by atoms with E-state index < -0.39 is 5.60 Å². The number of H-pyrrole nitrogens is 1. The Kier molecular flexibility index (Phi) is 11.6. The zero-order valence-corrected chi connectivity index (χ0v) is 38.3. The SMILES string of the molecule is Cc1c[nH]c2ncc(Oc3cc(N4CCC5(CC4)CC(N4CCC[C@H]4c4ccccc4C(C)C)C5)ccc3C(=O)NSc3cc(N=O)c4c(c3)OC[C@H](C3CCC(C)(O)CC3)N4)cc12. The molecule has 0 bridgehead atoms. The van der Waals surface area contributed by atoms with Crippen molar-refractivity contribution < 1.29 is 19.4 Å². The Hall–Kier alpha value is -5.11. The Morgan fingerprint density at radius 2 is 1.83 bits per heavy atom. The normalized spacial score (nSPS) is 24.5. The number of benzene rings is 3. The first-order valence-electron chi connectivity index (χ1n) is 23.4. The maximum absolute atomic E-state index is 14.1. The summed E-state index contributed by atoms with van der Waals surface area (Å²) in [6.07, 6.45) is 14.2. The molecule has 2 atom stereocenters. The van der Waals surface area contributed by atoms with E-state index in [9.17, 15) is 14.8 Å². The number of hydrogen-bond acceptors (Lipinski definition) is 11. The van der Waals surface area contributed by atoms with Crippen molar-refractivity contribution >= 4 is 46.0 Å². The van der Waals surface area contributed by atoms with Crippen LogP contribution in [0, 0.1) is 23.2 Å². The van der Waals surface area contributed by atoms with E-state index in [1.54, 1.807) is 12.3 Å². The molecule has 2 saturated heterocycles. The van der Waals surface area contributed by atoms with Crippen molar-refractivity contribution in [3.8, 4) is 17.2 Å². The average Bonchev–Trinajstić information content (AvgIpc) is 3.93. The number of piperidine rings is 1. The van der Waals surface area contributed by atoms with E-state index in [4.69, 9.17) is 9.47 Å². The summed E-state index contributed by atoms with van der Waals surface area (Å²) in [5, 5.41) is 18.3. The summed E-state index contributed by atoms with van der Waals surface area (Å²) in [6, 6.07) is 21.6. The summed E-state index contributed by atoms with van der Waals surface area (Å²) >= 11 is 1.11. The van der Waals surface area contributed by atoms with E-state index >= 15 is 0 Å². The molecule has 2 aliphatic carbocycles. The van der Waals surface area contributed by atoms with Gasteiger partial charge in [0.15, 0.2) is 0 Å². The number of rotatable bonds is 11. The molecular weight excluding hydrogens is 823 g/mol. The van der Waals surface area contributed by atoms with Gasteiger partial charge in [0.05, 0.1) is 23.4 Å². The second-order valence-electron chi connectivity index (χ2n) is 19.9.